The zero-order valence-electron chi connectivity index (χ0n) is 17.7. The quantitative estimate of drug-likeness (QED) is 0.288. The first-order valence-corrected chi connectivity index (χ1v) is 12.5. The van der Waals surface area contributed by atoms with E-state index in [0.717, 1.165) is 19.3 Å². The number of hydrogen-bond acceptors (Lipinski definition) is 4. The Morgan fingerprint density at radius 2 is 1.67 bits per heavy atom. The summed E-state index contributed by atoms with van der Waals surface area (Å²) in [6.45, 7) is 0. The lowest BCUT2D eigenvalue weighted by atomic mass is 9.88. The summed E-state index contributed by atoms with van der Waals surface area (Å²) < 4.78 is 29.8. The van der Waals surface area contributed by atoms with Crippen molar-refractivity contribution in [2.75, 3.05) is 0 Å². The smallest absolute Gasteiger partial charge is 0.296 e. The Morgan fingerprint density at radius 3 is 2.33 bits per heavy atom. The van der Waals surface area contributed by atoms with Crippen LogP contribution in [-0.2, 0) is 10.0 Å². The molecule has 0 saturated heterocycles. The van der Waals surface area contributed by atoms with Gasteiger partial charge >= 0.3 is 5.82 Å². The fourth-order valence-corrected chi connectivity index (χ4v) is 5.02. The van der Waals surface area contributed by atoms with Crippen LogP contribution in [0.3, 0.4) is 0 Å². The Labute approximate surface area is 197 Å². The molecule has 0 spiro atoms. The van der Waals surface area contributed by atoms with Crippen molar-refractivity contribution in [3.05, 3.63) is 95.8 Å². The fourth-order valence-electron chi connectivity index (χ4n) is 3.95. The highest BCUT2D eigenvalue weighted by Crippen LogP contribution is 2.29. The molecule has 4 aromatic rings. The monoisotopic (exact) mass is 477 g/mol. The van der Waals surface area contributed by atoms with E-state index in [4.69, 9.17) is 16.6 Å². The molecule has 0 bridgehead atoms. The van der Waals surface area contributed by atoms with Crippen molar-refractivity contribution in [2.45, 2.75) is 30.1 Å². The Bertz CT molecular complexity index is 1460. The molecule has 33 heavy (non-hydrogen) atoms. The molecule has 0 amide bonds. The number of para-hydroxylation sites is 2. The highest BCUT2D eigenvalue weighted by Gasteiger charge is 2.23. The second-order valence-corrected chi connectivity index (χ2v) is 10.0. The zero-order valence-corrected chi connectivity index (χ0v) is 19.3. The molecule has 0 aliphatic heterocycles. The van der Waals surface area contributed by atoms with Crippen LogP contribution in [0.15, 0.2) is 94.5 Å². The summed E-state index contributed by atoms with van der Waals surface area (Å²) in [5, 5.41) is 0.476. The highest BCUT2D eigenvalue weighted by atomic mass is 35.5. The molecule has 166 valence electrons. The number of nitrogens with zero attached hydrogens (tertiary/aromatic N) is 4. The van der Waals surface area contributed by atoms with Gasteiger partial charge < -0.3 is 0 Å². The lowest BCUT2D eigenvalue weighted by Crippen LogP contribution is -2.31. The van der Waals surface area contributed by atoms with Crippen LogP contribution in [-0.4, -0.2) is 18.7 Å². The minimum absolute atomic E-state index is 0.0921. The van der Waals surface area contributed by atoms with Crippen LogP contribution in [0.2, 0.25) is 5.02 Å². The molecular formula is C25H22ClN4O2S+. The molecule has 2 heterocycles. The summed E-state index contributed by atoms with van der Waals surface area (Å²) in [5.41, 5.74) is 2.53. The van der Waals surface area contributed by atoms with E-state index in [1.807, 2.05) is 30.6 Å². The van der Waals surface area contributed by atoms with Crippen LogP contribution in [0.25, 0.3) is 16.9 Å². The van der Waals surface area contributed by atoms with Crippen molar-refractivity contribution in [2.24, 2.45) is 4.36 Å². The second-order valence-electron chi connectivity index (χ2n) is 7.92. The maximum absolute atomic E-state index is 13.1. The third-order valence-corrected chi connectivity index (χ3v) is 7.26. The predicted molar refractivity (Wildman–Crippen MR) is 129 cm³/mol. The standard InChI is InChI=1S/C25H21ClN4O2S/c26-20-10-12-21(13-11-20)33(31,32)29-24-25(28-23-9-5-4-8-22(23)27-24)30-16-14-19(15-17-30)18-6-2-1-3-7-18/h1-2,4-5,8-18H,3,6-7H2/p+1/t18-/m0/s1. The summed E-state index contributed by atoms with van der Waals surface area (Å²) in [5.74, 6) is 0.978. The molecule has 2 aromatic carbocycles. The molecule has 1 aliphatic rings. The summed E-state index contributed by atoms with van der Waals surface area (Å²) >= 11 is 5.93. The van der Waals surface area contributed by atoms with Gasteiger partial charge in [0.2, 0.25) is 5.52 Å². The van der Waals surface area contributed by atoms with Crippen LogP contribution >= 0.6 is 11.6 Å². The summed E-state index contributed by atoms with van der Waals surface area (Å²) in [4.78, 5) is 9.44. The third kappa shape index (κ3) is 4.66. The number of fused-ring (bicyclic) bond motifs is 1. The largest absolute Gasteiger partial charge is 0.374 e. The average molecular weight is 478 g/mol. The van der Waals surface area contributed by atoms with Crippen LogP contribution in [0, 0.1) is 0 Å². The van der Waals surface area contributed by atoms with Gasteiger partial charge in [0, 0.05) is 5.02 Å². The number of rotatable bonds is 4. The number of aromatic nitrogens is 3. The van der Waals surface area contributed by atoms with E-state index in [9.17, 15) is 8.76 Å². The van der Waals surface area contributed by atoms with Gasteiger partial charge in [-0.25, -0.2) is 9.19 Å². The van der Waals surface area contributed by atoms with Crippen molar-refractivity contribution in [1.82, 2.24) is 9.97 Å². The average Bonchev–Trinajstić information content (AvgIpc) is 2.84. The Kier molecular flexibility index (Phi) is 5.93. The van der Waals surface area contributed by atoms with Crippen molar-refractivity contribution in [3.63, 3.8) is 0 Å². The van der Waals surface area contributed by atoms with Gasteiger partial charge in [-0.05, 0) is 84.3 Å². The lowest BCUT2D eigenvalue weighted by Gasteiger charge is -2.17. The SMILES string of the molecule is O=S(O)(=Nc1nc2ccccc2nc1-[n+]1ccc([C@H]2CC=CCC2)cc1)c1ccc(Cl)cc1. The second kappa shape index (κ2) is 9.02. The number of pyridine rings is 1. The minimum atomic E-state index is -3.76. The summed E-state index contributed by atoms with van der Waals surface area (Å²) in [6.07, 6.45) is 11.5. The van der Waals surface area contributed by atoms with Crippen LogP contribution in [0.1, 0.15) is 30.7 Å². The number of allylic oxidation sites excluding steroid dienone is 2. The van der Waals surface area contributed by atoms with Gasteiger partial charge in [0.15, 0.2) is 10.0 Å². The third-order valence-electron chi connectivity index (χ3n) is 5.71. The van der Waals surface area contributed by atoms with E-state index < -0.39 is 10.0 Å². The van der Waals surface area contributed by atoms with Gasteiger partial charge in [-0.2, -0.15) is 4.57 Å². The molecule has 0 saturated carbocycles. The Balaban J connectivity index is 1.62. The summed E-state index contributed by atoms with van der Waals surface area (Å²) in [7, 11) is -3.76. The summed E-state index contributed by atoms with van der Waals surface area (Å²) in [6, 6.07) is 17.6. The van der Waals surface area contributed by atoms with Crippen molar-refractivity contribution >= 4 is 38.5 Å². The highest BCUT2D eigenvalue weighted by molar-refractivity contribution is 7.88. The first-order chi connectivity index (χ1) is 16.0. The maximum atomic E-state index is 13.1. The first kappa shape index (κ1) is 21.7. The first-order valence-electron chi connectivity index (χ1n) is 10.7. The molecule has 6 nitrogen and oxygen atoms in total. The topological polar surface area (TPSA) is 79.3 Å². The minimum Gasteiger partial charge on any atom is -0.296 e. The van der Waals surface area contributed by atoms with Gasteiger partial charge in [0.1, 0.15) is 5.52 Å². The van der Waals surface area contributed by atoms with E-state index >= 15 is 0 Å². The number of halogens is 1. The predicted octanol–water partition coefficient (Wildman–Crippen LogP) is 6.02. The zero-order chi connectivity index (χ0) is 22.8. The molecule has 0 fully saturated rings. The lowest BCUT2D eigenvalue weighted by molar-refractivity contribution is -0.598. The van der Waals surface area contributed by atoms with Crippen molar-refractivity contribution in [1.29, 1.82) is 0 Å². The molecule has 1 unspecified atom stereocenters. The van der Waals surface area contributed by atoms with Crippen molar-refractivity contribution < 1.29 is 13.3 Å². The van der Waals surface area contributed by atoms with Gasteiger partial charge in [-0.1, -0.05) is 35.9 Å². The van der Waals surface area contributed by atoms with E-state index in [1.165, 1.54) is 17.7 Å². The van der Waals surface area contributed by atoms with E-state index in [2.05, 4.69) is 33.6 Å². The van der Waals surface area contributed by atoms with Crippen LogP contribution < -0.4 is 4.57 Å². The Morgan fingerprint density at radius 1 is 0.970 bits per heavy atom. The van der Waals surface area contributed by atoms with E-state index in [0.29, 0.717) is 27.8 Å². The molecular weight excluding hydrogens is 456 g/mol. The van der Waals surface area contributed by atoms with Gasteiger partial charge in [0.25, 0.3) is 5.82 Å². The van der Waals surface area contributed by atoms with Crippen LogP contribution in [0.5, 0.6) is 0 Å². The van der Waals surface area contributed by atoms with Gasteiger partial charge in [-0.15, -0.1) is 4.36 Å². The molecule has 8 heteroatoms. The van der Waals surface area contributed by atoms with Crippen molar-refractivity contribution in [3.8, 4) is 5.82 Å². The van der Waals surface area contributed by atoms with E-state index in [1.54, 1.807) is 22.8 Å². The normalized spacial score (nSPS) is 17.6. The van der Waals surface area contributed by atoms with Gasteiger partial charge in [-0.3, -0.25) is 4.55 Å². The maximum Gasteiger partial charge on any atom is 0.374 e. The van der Waals surface area contributed by atoms with E-state index in [-0.39, 0.29) is 10.7 Å². The van der Waals surface area contributed by atoms with Crippen LogP contribution in [0.4, 0.5) is 5.82 Å². The molecule has 5 rings (SSSR count). The molecule has 1 aliphatic carbocycles. The van der Waals surface area contributed by atoms with Gasteiger partial charge in [0.05, 0.1) is 17.3 Å². The molecule has 2 aromatic heterocycles. The molecule has 0 radical (unpaired) electrons. The Hall–Kier alpha value is -3.13. The number of hydrogen-bond donors (Lipinski definition) is 1. The fraction of sp³-hybridized carbons (Fsp3) is 0.160. The molecule has 1 N–H and O–H groups in total. The molecule has 2 atom stereocenters. The number of benzene rings is 2.